The zero-order chi connectivity index (χ0) is 20.5. The van der Waals surface area contributed by atoms with Crippen molar-refractivity contribution in [2.75, 3.05) is 19.5 Å². The van der Waals surface area contributed by atoms with Crippen LogP contribution < -0.4 is 10.1 Å². The fourth-order valence-electron chi connectivity index (χ4n) is 3.97. The molecule has 4 rings (SSSR count). The van der Waals surface area contributed by atoms with Crippen molar-refractivity contribution in [2.45, 2.75) is 32.0 Å². The Morgan fingerprint density at radius 3 is 2.79 bits per heavy atom. The Labute approximate surface area is 169 Å². The van der Waals surface area contributed by atoms with Crippen LogP contribution in [-0.2, 0) is 22.7 Å². The van der Waals surface area contributed by atoms with Crippen LogP contribution >= 0.6 is 0 Å². The maximum Gasteiger partial charge on any atom is 0.254 e. The molecule has 0 radical (unpaired) electrons. The fourth-order valence-corrected chi connectivity index (χ4v) is 3.97. The van der Waals surface area contributed by atoms with Crippen molar-refractivity contribution in [3.05, 3.63) is 59.2 Å². The molecule has 29 heavy (non-hydrogen) atoms. The van der Waals surface area contributed by atoms with Gasteiger partial charge in [0.05, 0.1) is 13.7 Å². The van der Waals surface area contributed by atoms with E-state index in [0.717, 1.165) is 11.1 Å². The monoisotopic (exact) mass is 393 g/mol. The molecule has 1 saturated heterocycles. The molecule has 2 aliphatic rings. The van der Waals surface area contributed by atoms with E-state index in [1.165, 1.54) is 0 Å². The summed E-state index contributed by atoms with van der Waals surface area (Å²) in [5, 5.41) is 2.88. The van der Waals surface area contributed by atoms with Crippen molar-refractivity contribution in [1.82, 2.24) is 9.80 Å². The molecule has 0 unspecified atom stereocenters. The standard InChI is InChI=1S/C22H23N3O4/c1-24-12-14-7-8-16(11-17(14)22(24)28)23-21(27)18-9-10-20(26)25(18)13-15-5-3-4-6-19(15)29-2/h3-8,11,18H,9-10,12-13H2,1-2H3,(H,23,27)/t18-/m0/s1. The SMILES string of the molecule is COc1ccccc1CN1C(=O)CC[C@H]1C(=O)Nc1ccc2c(c1)C(=O)N(C)C2. The minimum atomic E-state index is -0.556. The minimum Gasteiger partial charge on any atom is -0.496 e. The van der Waals surface area contributed by atoms with Crippen LogP contribution in [0.2, 0.25) is 0 Å². The van der Waals surface area contributed by atoms with Crippen molar-refractivity contribution in [3.8, 4) is 5.75 Å². The molecule has 1 atom stereocenters. The average molecular weight is 393 g/mol. The number of carbonyl (C=O) groups is 3. The van der Waals surface area contributed by atoms with E-state index in [9.17, 15) is 14.4 Å². The topological polar surface area (TPSA) is 79.0 Å². The van der Waals surface area contributed by atoms with Crippen LogP contribution in [0, 0.1) is 0 Å². The third kappa shape index (κ3) is 3.55. The molecule has 0 aliphatic carbocycles. The first-order chi connectivity index (χ1) is 14.0. The number of rotatable bonds is 5. The van der Waals surface area contributed by atoms with E-state index in [4.69, 9.17) is 4.74 Å². The molecule has 150 valence electrons. The zero-order valence-corrected chi connectivity index (χ0v) is 16.5. The van der Waals surface area contributed by atoms with E-state index >= 15 is 0 Å². The Hall–Kier alpha value is -3.35. The lowest BCUT2D eigenvalue weighted by atomic mass is 10.1. The van der Waals surface area contributed by atoms with Crippen molar-refractivity contribution in [1.29, 1.82) is 0 Å². The van der Waals surface area contributed by atoms with E-state index in [1.807, 2.05) is 30.3 Å². The second kappa shape index (κ2) is 7.58. The molecule has 0 bridgehead atoms. The maximum absolute atomic E-state index is 12.9. The number of likely N-dealkylation sites (tertiary alicyclic amines) is 1. The van der Waals surface area contributed by atoms with E-state index in [2.05, 4.69) is 5.32 Å². The van der Waals surface area contributed by atoms with Gasteiger partial charge in [0.2, 0.25) is 11.8 Å². The number of nitrogens with zero attached hydrogens (tertiary/aromatic N) is 2. The molecule has 7 heteroatoms. The second-order valence-electron chi connectivity index (χ2n) is 7.41. The minimum absolute atomic E-state index is 0.0510. The van der Waals surface area contributed by atoms with Crippen LogP contribution in [0.15, 0.2) is 42.5 Å². The molecule has 2 aliphatic heterocycles. The largest absolute Gasteiger partial charge is 0.496 e. The van der Waals surface area contributed by atoms with Gasteiger partial charge in [-0.05, 0) is 30.2 Å². The number of hydrogen-bond donors (Lipinski definition) is 1. The van der Waals surface area contributed by atoms with Gasteiger partial charge in [-0.25, -0.2) is 0 Å². The number of nitrogens with one attached hydrogen (secondary N) is 1. The molecule has 0 aromatic heterocycles. The van der Waals surface area contributed by atoms with Gasteiger partial charge in [0.25, 0.3) is 5.91 Å². The molecule has 3 amide bonds. The van der Waals surface area contributed by atoms with E-state index in [0.29, 0.717) is 42.9 Å². The molecule has 7 nitrogen and oxygen atoms in total. The third-order valence-corrected chi connectivity index (χ3v) is 5.53. The molecule has 2 aromatic rings. The predicted molar refractivity (Wildman–Crippen MR) is 107 cm³/mol. The average Bonchev–Trinajstić information content (AvgIpc) is 3.22. The Morgan fingerprint density at radius 2 is 2.00 bits per heavy atom. The van der Waals surface area contributed by atoms with Gasteiger partial charge in [0.15, 0.2) is 0 Å². The normalized spacial score (nSPS) is 18.2. The van der Waals surface area contributed by atoms with Gasteiger partial charge in [0.1, 0.15) is 11.8 Å². The number of carbonyl (C=O) groups excluding carboxylic acids is 3. The second-order valence-corrected chi connectivity index (χ2v) is 7.41. The molecular formula is C22H23N3O4. The number of ether oxygens (including phenoxy) is 1. The Kier molecular flexibility index (Phi) is 4.96. The number of amides is 3. The number of methoxy groups -OCH3 is 1. The lowest BCUT2D eigenvalue weighted by molar-refractivity contribution is -0.133. The summed E-state index contributed by atoms with van der Waals surface area (Å²) in [4.78, 5) is 40.8. The maximum atomic E-state index is 12.9. The number of hydrogen-bond acceptors (Lipinski definition) is 4. The van der Waals surface area contributed by atoms with Crippen molar-refractivity contribution >= 4 is 23.4 Å². The highest BCUT2D eigenvalue weighted by Gasteiger charge is 2.36. The molecule has 0 saturated carbocycles. The Morgan fingerprint density at radius 1 is 1.21 bits per heavy atom. The van der Waals surface area contributed by atoms with Crippen molar-refractivity contribution < 1.29 is 19.1 Å². The summed E-state index contributed by atoms with van der Waals surface area (Å²) in [7, 11) is 3.34. The Balaban J connectivity index is 1.51. The highest BCUT2D eigenvalue weighted by Crippen LogP contribution is 2.28. The van der Waals surface area contributed by atoms with Crippen LogP contribution in [-0.4, -0.2) is 47.7 Å². The summed E-state index contributed by atoms with van der Waals surface area (Å²) in [6.45, 7) is 0.889. The predicted octanol–water partition coefficient (Wildman–Crippen LogP) is 2.41. The van der Waals surface area contributed by atoms with Gasteiger partial charge >= 0.3 is 0 Å². The summed E-state index contributed by atoms with van der Waals surface area (Å²) in [5.41, 5.74) is 2.98. The van der Waals surface area contributed by atoms with Gasteiger partial charge in [-0.15, -0.1) is 0 Å². The first-order valence-electron chi connectivity index (χ1n) is 9.58. The van der Waals surface area contributed by atoms with E-state index in [1.54, 1.807) is 36.1 Å². The number of benzene rings is 2. The summed E-state index contributed by atoms with van der Waals surface area (Å²) in [6.07, 6.45) is 0.799. The first-order valence-corrected chi connectivity index (χ1v) is 9.58. The molecule has 1 N–H and O–H groups in total. The summed E-state index contributed by atoms with van der Waals surface area (Å²) in [5.74, 6) is 0.337. The lowest BCUT2D eigenvalue weighted by Crippen LogP contribution is -2.41. The third-order valence-electron chi connectivity index (χ3n) is 5.53. The highest BCUT2D eigenvalue weighted by molar-refractivity contribution is 6.02. The van der Waals surface area contributed by atoms with E-state index in [-0.39, 0.29) is 17.7 Å². The molecule has 0 spiro atoms. The highest BCUT2D eigenvalue weighted by atomic mass is 16.5. The summed E-state index contributed by atoms with van der Waals surface area (Å²) >= 11 is 0. The number of para-hydroxylation sites is 1. The van der Waals surface area contributed by atoms with Crippen LogP contribution in [0.3, 0.4) is 0 Å². The van der Waals surface area contributed by atoms with Crippen LogP contribution in [0.5, 0.6) is 5.75 Å². The summed E-state index contributed by atoms with van der Waals surface area (Å²) < 4.78 is 5.37. The smallest absolute Gasteiger partial charge is 0.254 e. The molecule has 2 aromatic carbocycles. The fraction of sp³-hybridized carbons (Fsp3) is 0.318. The van der Waals surface area contributed by atoms with Crippen molar-refractivity contribution in [3.63, 3.8) is 0 Å². The zero-order valence-electron chi connectivity index (χ0n) is 16.5. The molecular weight excluding hydrogens is 370 g/mol. The summed E-state index contributed by atoms with van der Waals surface area (Å²) in [6, 6.07) is 12.3. The van der Waals surface area contributed by atoms with Crippen LogP contribution in [0.25, 0.3) is 0 Å². The first kappa shape index (κ1) is 19.0. The lowest BCUT2D eigenvalue weighted by Gasteiger charge is -2.25. The van der Waals surface area contributed by atoms with Gasteiger partial charge in [0, 0.05) is 36.8 Å². The van der Waals surface area contributed by atoms with Gasteiger partial charge in [-0.1, -0.05) is 24.3 Å². The number of anilines is 1. The number of fused-ring (bicyclic) bond motifs is 1. The van der Waals surface area contributed by atoms with Gasteiger partial charge in [-0.2, -0.15) is 0 Å². The Bertz CT molecular complexity index is 988. The van der Waals surface area contributed by atoms with Crippen molar-refractivity contribution in [2.24, 2.45) is 0 Å². The molecule has 2 heterocycles. The van der Waals surface area contributed by atoms with Crippen LogP contribution in [0.4, 0.5) is 5.69 Å². The van der Waals surface area contributed by atoms with Crippen LogP contribution in [0.1, 0.15) is 34.3 Å². The quantitative estimate of drug-likeness (QED) is 0.846. The molecule has 1 fully saturated rings. The van der Waals surface area contributed by atoms with Gasteiger partial charge < -0.3 is 19.9 Å². The van der Waals surface area contributed by atoms with Gasteiger partial charge in [-0.3, -0.25) is 14.4 Å². The van der Waals surface area contributed by atoms with E-state index < -0.39 is 6.04 Å².